The van der Waals surface area contributed by atoms with Crippen LogP contribution in [0.3, 0.4) is 0 Å². The van der Waals surface area contributed by atoms with E-state index in [-0.39, 0.29) is 16.7 Å². The summed E-state index contributed by atoms with van der Waals surface area (Å²) in [6, 6.07) is 0.743. The third kappa shape index (κ3) is 2.46. The summed E-state index contributed by atoms with van der Waals surface area (Å²) >= 11 is 0. The van der Waals surface area contributed by atoms with E-state index >= 15 is 0 Å². The van der Waals surface area contributed by atoms with E-state index < -0.39 is 0 Å². The van der Waals surface area contributed by atoms with Gasteiger partial charge in [0.15, 0.2) is 0 Å². The van der Waals surface area contributed by atoms with Gasteiger partial charge in [0, 0.05) is 12.6 Å². The molecule has 3 unspecified atom stereocenters. The van der Waals surface area contributed by atoms with E-state index in [1.807, 2.05) is 0 Å². The largest absolute Gasteiger partial charge is 0.368 e. The van der Waals surface area contributed by atoms with Crippen LogP contribution >= 0.6 is 0 Å². The molecule has 2 N–H and O–H groups in total. The number of hydrogen-bond acceptors (Lipinski definition) is 3. The van der Waals surface area contributed by atoms with Crippen molar-refractivity contribution in [3.05, 3.63) is 0 Å². The van der Waals surface area contributed by atoms with Crippen molar-refractivity contribution in [3.63, 3.8) is 0 Å². The number of piperidine rings is 1. The van der Waals surface area contributed by atoms with Gasteiger partial charge in [-0.25, -0.2) is 0 Å². The van der Waals surface area contributed by atoms with Crippen LogP contribution in [0.15, 0.2) is 0 Å². The number of fused-ring (bicyclic) bond motifs is 1. The molecule has 0 aromatic rings. The van der Waals surface area contributed by atoms with Crippen LogP contribution in [-0.2, 0) is 4.74 Å². The van der Waals surface area contributed by atoms with Crippen molar-refractivity contribution in [2.45, 2.75) is 95.4 Å². The van der Waals surface area contributed by atoms with Crippen molar-refractivity contribution in [1.29, 1.82) is 0 Å². The molecule has 3 heteroatoms. The van der Waals surface area contributed by atoms with Gasteiger partial charge in [-0.1, -0.05) is 12.8 Å². The fraction of sp³-hybridized carbons (Fsp3) is 1.00. The summed E-state index contributed by atoms with van der Waals surface area (Å²) in [5, 5.41) is 0. The molecule has 0 bridgehead atoms. The summed E-state index contributed by atoms with van der Waals surface area (Å²) < 4.78 is 6.45. The van der Waals surface area contributed by atoms with E-state index in [9.17, 15) is 0 Å². The summed E-state index contributed by atoms with van der Waals surface area (Å²) in [7, 11) is 0. The van der Waals surface area contributed by atoms with Gasteiger partial charge in [-0.05, 0) is 72.3 Å². The molecule has 2 saturated heterocycles. The molecular formula is C18H34N2O. The SMILES string of the molecule is CC1(C)CC(CN)(N2CCCC3CCCCC32)C(C)(C)O1. The highest BCUT2D eigenvalue weighted by atomic mass is 16.5. The van der Waals surface area contributed by atoms with E-state index in [1.165, 1.54) is 45.1 Å². The smallest absolute Gasteiger partial charge is 0.0830 e. The van der Waals surface area contributed by atoms with Crippen molar-refractivity contribution in [1.82, 2.24) is 4.90 Å². The first-order valence-corrected chi connectivity index (χ1v) is 8.98. The average Bonchev–Trinajstić information content (AvgIpc) is 2.62. The normalized spacial score (nSPS) is 42.7. The van der Waals surface area contributed by atoms with E-state index in [0.29, 0.717) is 6.54 Å². The zero-order chi connectivity index (χ0) is 15.3. The quantitative estimate of drug-likeness (QED) is 0.849. The van der Waals surface area contributed by atoms with Crippen LogP contribution in [0.1, 0.15) is 72.6 Å². The lowest BCUT2D eigenvalue weighted by Gasteiger charge is -2.56. The molecule has 1 aliphatic carbocycles. The number of likely N-dealkylation sites (tertiary alicyclic amines) is 1. The molecule has 0 spiro atoms. The van der Waals surface area contributed by atoms with E-state index in [4.69, 9.17) is 10.5 Å². The maximum Gasteiger partial charge on any atom is 0.0830 e. The second-order valence-electron chi connectivity index (χ2n) is 8.73. The van der Waals surface area contributed by atoms with Crippen LogP contribution in [0.4, 0.5) is 0 Å². The van der Waals surface area contributed by atoms with Crippen LogP contribution in [-0.4, -0.2) is 40.8 Å². The van der Waals surface area contributed by atoms with Gasteiger partial charge in [-0.3, -0.25) is 4.90 Å². The minimum atomic E-state index is -0.162. The van der Waals surface area contributed by atoms with Gasteiger partial charge < -0.3 is 10.5 Å². The Morgan fingerprint density at radius 3 is 2.33 bits per heavy atom. The van der Waals surface area contributed by atoms with Gasteiger partial charge >= 0.3 is 0 Å². The zero-order valence-corrected chi connectivity index (χ0v) is 14.5. The van der Waals surface area contributed by atoms with Gasteiger partial charge in [0.05, 0.1) is 16.7 Å². The molecule has 3 fully saturated rings. The molecule has 3 atom stereocenters. The fourth-order valence-corrected chi connectivity index (χ4v) is 5.78. The maximum atomic E-state index is 6.45. The summed E-state index contributed by atoms with van der Waals surface area (Å²) in [4.78, 5) is 2.80. The molecule has 0 aromatic carbocycles. The minimum absolute atomic E-state index is 0.0111. The Morgan fingerprint density at radius 2 is 1.71 bits per heavy atom. The predicted molar refractivity (Wildman–Crippen MR) is 87.3 cm³/mol. The highest BCUT2D eigenvalue weighted by Crippen LogP contribution is 2.51. The summed E-state index contributed by atoms with van der Waals surface area (Å²) in [5.74, 6) is 0.899. The Bertz CT molecular complexity index is 391. The first-order chi connectivity index (χ1) is 9.81. The molecule has 0 radical (unpaired) electrons. The van der Waals surface area contributed by atoms with Gasteiger partial charge in [-0.2, -0.15) is 0 Å². The number of hydrogen-bond donors (Lipinski definition) is 1. The van der Waals surface area contributed by atoms with Gasteiger partial charge in [0.1, 0.15) is 0 Å². The first-order valence-electron chi connectivity index (χ1n) is 8.98. The third-order valence-electron chi connectivity index (χ3n) is 6.50. The van der Waals surface area contributed by atoms with E-state index in [1.54, 1.807) is 0 Å². The summed E-state index contributed by atoms with van der Waals surface area (Å²) in [5.41, 5.74) is 6.18. The lowest BCUT2D eigenvalue weighted by molar-refractivity contribution is -0.125. The van der Waals surface area contributed by atoms with E-state index in [2.05, 4.69) is 32.6 Å². The number of rotatable bonds is 2. The molecule has 0 aromatic heterocycles. The number of nitrogens with two attached hydrogens (primary N) is 1. The lowest BCUT2D eigenvalue weighted by atomic mass is 9.71. The standard InChI is InChI=1S/C18H34N2O/c1-16(2)12-18(13-19,17(3,4)21-16)20-11-7-9-14-8-5-6-10-15(14)20/h14-15H,5-13,19H2,1-4H3. The fourth-order valence-electron chi connectivity index (χ4n) is 5.78. The van der Waals surface area contributed by atoms with Crippen molar-refractivity contribution in [3.8, 4) is 0 Å². The molecule has 1 saturated carbocycles. The number of ether oxygens (including phenoxy) is 1. The van der Waals surface area contributed by atoms with Crippen LogP contribution in [0.5, 0.6) is 0 Å². The average molecular weight is 294 g/mol. The molecule has 21 heavy (non-hydrogen) atoms. The first kappa shape index (κ1) is 15.8. The zero-order valence-electron chi connectivity index (χ0n) is 14.5. The third-order valence-corrected chi connectivity index (χ3v) is 6.50. The molecule has 0 amide bonds. The lowest BCUT2D eigenvalue weighted by Crippen LogP contribution is -2.68. The molecule has 3 aliphatic rings. The predicted octanol–water partition coefficient (Wildman–Crippen LogP) is 3.32. The highest BCUT2D eigenvalue weighted by Gasteiger charge is 2.61. The minimum Gasteiger partial charge on any atom is -0.368 e. The Labute approximate surface area is 130 Å². The van der Waals surface area contributed by atoms with Gasteiger partial charge in [-0.15, -0.1) is 0 Å². The van der Waals surface area contributed by atoms with Crippen LogP contribution in [0.25, 0.3) is 0 Å². The molecule has 122 valence electrons. The van der Waals surface area contributed by atoms with Crippen molar-refractivity contribution in [2.75, 3.05) is 13.1 Å². The molecule has 3 rings (SSSR count). The summed E-state index contributed by atoms with van der Waals surface area (Å²) in [6.45, 7) is 10.9. The number of nitrogens with zero attached hydrogens (tertiary/aromatic N) is 1. The van der Waals surface area contributed by atoms with Crippen molar-refractivity contribution < 1.29 is 4.74 Å². The topological polar surface area (TPSA) is 38.5 Å². The second-order valence-corrected chi connectivity index (χ2v) is 8.73. The monoisotopic (exact) mass is 294 g/mol. The molecule has 3 nitrogen and oxygen atoms in total. The Hall–Kier alpha value is -0.120. The van der Waals surface area contributed by atoms with Gasteiger partial charge in [0.2, 0.25) is 0 Å². The van der Waals surface area contributed by atoms with Crippen molar-refractivity contribution in [2.24, 2.45) is 11.7 Å². The maximum absolute atomic E-state index is 6.45. The molecule has 2 aliphatic heterocycles. The van der Waals surface area contributed by atoms with Crippen LogP contribution < -0.4 is 5.73 Å². The second kappa shape index (κ2) is 5.21. The van der Waals surface area contributed by atoms with Crippen LogP contribution in [0.2, 0.25) is 0 Å². The van der Waals surface area contributed by atoms with Crippen molar-refractivity contribution >= 4 is 0 Å². The van der Waals surface area contributed by atoms with Crippen LogP contribution in [0, 0.1) is 5.92 Å². The van der Waals surface area contributed by atoms with Gasteiger partial charge in [0.25, 0.3) is 0 Å². The molecular weight excluding hydrogens is 260 g/mol. The van der Waals surface area contributed by atoms with E-state index in [0.717, 1.165) is 18.4 Å². The molecule has 2 heterocycles. The summed E-state index contributed by atoms with van der Waals surface area (Å²) in [6.07, 6.45) is 9.42. The Morgan fingerprint density at radius 1 is 1.05 bits per heavy atom. The highest BCUT2D eigenvalue weighted by molar-refractivity contribution is 5.15. The Balaban J connectivity index is 1.94. The Kier molecular flexibility index (Phi) is 3.91.